The summed E-state index contributed by atoms with van der Waals surface area (Å²) in [6.45, 7) is 14.5. The summed E-state index contributed by atoms with van der Waals surface area (Å²) >= 11 is 0. The summed E-state index contributed by atoms with van der Waals surface area (Å²) in [5, 5.41) is 17.6. The topological polar surface area (TPSA) is 234 Å². The molecule has 0 radical (unpaired) electrons. The van der Waals surface area contributed by atoms with E-state index < -0.39 is 35.4 Å². The van der Waals surface area contributed by atoms with Crippen LogP contribution in [-0.2, 0) is 20.7 Å². The molecule has 0 aliphatic carbocycles. The molecule has 5 aromatic rings. The van der Waals surface area contributed by atoms with Crippen molar-refractivity contribution in [2.45, 2.75) is 33.1 Å². The quantitative estimate of drug-likeness (QED) is 0.0215. The van der Waals surface area contributed by atoms with Crippen LogP contribution in [-0.4, -0.2) is 79.3 Å². The maximum absolute atomic E-state index is 13.9. The Bertz CT molecular complexity index is 2890. The first-order chi connectivity index (χ1) is 34.2. The number of nitriles is 1. The van der Waals surface area contributed by atoms with Gasteiger partial charge in [0.1, 0.15) is 36.8 Å². The minimum Gasteiger partial charge on any atom is -0.491 e. The molecule has 17 nitrogen and oxygen atoms in total. The minimum absolute atomic E-state index is 0.000136. The molecule has 0 saturated heterocycles. The van der Waals surface area contributed by atoms with Crippen molar-refractivity contribution < 1.29 is 52.5 Å². The zero-order valence-electron chi connectivity index (χ0n) is 39.7. The van der Waals surface area contributed by atoms with E-state index in [1.807, 2.05) is 43.3 Å². The number of hydrogen-bond donors (Lipinski definition) is 3. The van der Waals surface area contributed by atoms with Gasteiger partial charge in [-0.2, -0.15) is 5.26 Å². The highest BCUT2D eigenvalue weighted by atomic mass is 16.5. The molecule has 0 spiro atoms. The number of carbonyl (C=O) groups is 6. The Morgan fingerprint density at radius 3 is 1.85 bits per heavy atom. The molecule has 0 unspecified atom stereocenters. The predicted molar refractivity (Wildman–Crippen MR) is 267 cm³/mol. The highest BCUT2D eigenvalue weighted by Crippen LogP contribution is 2.42. The second-order valence-corrected chi connectivity index (χ2v) is 15.5. The number of esters is 1. The molecule has 3 aromatic carbocycles. The largest absolute Gasteiger partial charge is 0.491 e. The van der Waals surface area contributed by atoms with E-state index in [1.165, 1.54) is 87.3 Å². The minimum atomic E-state index is -1.04. The van der Waals surface area contributed by atoms with E-state index in [0.29, 0.717) is 11.1 Å². The number of hydrogen-bond acceptors (Lipinski definition) is 14. The SMILES string of the molecule is C=CCOC(=O)c1ccc(NC(=O)c2ccc(NC(=O)c3ccc(NC(=O)[C@H](CC#N)CC(=O)c4ccc(CC(=O)/C(C)=C/c5ccc(C)cc5)cn4)cn3)c(OC)c2OCC=C)c(OC)c1OCC=C. The average Bonchev–Trinajstić information content (AvgIpc) is 3.37. The van der Waals surface area contributed by atoms with Crippen LogP contribution >= 0.6 is 0 Å². The maximum atomic E-state index is 13.9. The van der Waals surface area contributed by atoms with Crippen molar-refractivity contribution in [1.29, 1.82) is 5.26 Å². The molecule has 0 bridgehead atoms. The van der Waals surface area contributed by atoms with Crippen molar-refractivity contribution >= 4 is 58.4 Å². The van der Waals surface area contributed by atoms with E-state index >= 15 is 0 Å². The zero-order valence-corrected chi connectivity index (χ0v) is 39.7. The van der Waals surface area contributed by atoms with Crippen LogP contribution in [0.15, 0.2) is 129 Å². The third-order valence-electron chi connectivity index (χ3n) is 10.4. The summed E-state index contributed by atoms with van der Waals surface area (Å²) in [7, 11) is 2.65. The molecule has 17 heteroatoms. The molecule has 5 rings (SSSR count). The standard InChI is InChI=1S/C54H52N6O11/c1-8-25-69-47-39(52(64)59-42-22-18-40(54(66)71-27-10-3)48(50(42)68-7)70-26-9-2)17-21-43(49(47)67-6)60-53(65)44-20-16-38(32-57-44)58-51(63)37(23-24-55)30-46(62)41-19-15-36(31-56-41)29-45(61)34(5)28-35-13-11-33(4)12-14-35/h8-22,28,31-32,37H,1-3,23,25-27,29-30H2,4-7H3,(H,58,63)(H,59,64)(H,60,65)/b34-28+/t37-/m1/s1. The smallest absolute Gasteiger partial charge is 0.342 e. The van der Waals surface area contributed by atoms with Gasteiger partial charge in [0, 0.05) is 25.5 Å². The Labute approximate surface area is 410 Å². The normalized spacial score (nSPS) is 11.1. The van der Waals surface area contributed by atoms with Gasteiger partial charge in [0.05, 0.1) is 55.0 Å². The molecule has 0 aliphatic heterocycles. The monoisotopic (exact) mass is 960 g/mol. The van der Waals surface area contributed by atoms with Gasteiger partial charge in [-0.25, -0.2) is 9.78 Å². The zero-order chi connectivity index (χ0) is 51.5. The summed E-state index contributed by atoms with van der Waals surface area (Å²) in [4.78, 5) is 88.2. The number of nitrogens with one attached hydrogen (secondary N) is 3. The van der Waals surface area contributed by atoms with E-state index in [1.54, 1.807) is 13.0 Å². The highest BCUT2D eigenvalue weighted by molar-refractivity contribution is 6.10. The van der Waals surface area contributed by atoms with Crippen LogP contribution in [0.3, 0.4) is 0 Å². The number of aryl methyl sites for hydroxylation is 1. The van der Waals surface area contributed by atoms with Crippen LogP contribution < -0.4 is 34.9 Å². The fourth-order valence-electron chi connectivity index (χ4n) is 6.78. The van der Waals surface area contributed by atoms with Gasteiger partial charge in [-0.1, -0.05) is 73.9 Å². The first-order valence-electron chi connectivity index (χ1n) is 22.0. The number of nitrogens with zero attached hydrogens (tertiary/aromatic N) is 3. The fourth-order valence-corrected chi connectivity index (χ4v) is 6.78. The third kappa shape index (κ3) is 14.2. The molecule has 2 aromatic heterocycles. The number of pyridine rings is 2. The fraction of sp³-hybridized carbons (Fsp3) is 0.204. The van der Waals surface area contributed by atoms with Crippen molar-refractivity contribution in [2.75, 3.05) is 50.0 Å². The van der Waals surface area contributed by atoms with Crippen LogP contribution in [0.1, 0.15) is 78.1 Å². The van der Waals surface area contributed by atoms with Crippen LogP contribution in [0.2, 0.25) is 0 Å². The predicted octanol–water partition coefficient (Wildman–Crippen LogP) is 8.74. The van der Waals surface area contributed by atoms with Gasteiger partial charge in [0.25, 0.3) is 11.8 Å². The molecule has 3 N–H and O–H groups in total. The molecule has 0 aliphatic rings. The number of amides is 3. The Morgan fingerprint density at radius 1 is 0.690 bits per heavy atom. The first-order valence-corrected chi connectivity index (χ1v) is 22.0. The lowest BCUT2D eigenvalue weighted by Crippen LogP contribution is -2.25. The summed E-state index contributed by atoms with van der Waals surface area (Å²) < 4.78 is 28.1. The number of methoxy groups -OCH3 is 2. The van der Waals surface area contributed by atoms with Crippen molar-refractivity contribution in [3.8, 4) is 29.1 Å². The first kappa shape index (κ1) is 52.8. The van der Waals surface area contributed by atoms with Crippen molar-refractivity contribution in [2.24, 2.45) is 5.92 Å². The van der Waals surface area contributed by atoms with Gasteiger partial charge < -0.3 is 39.6 Å². The van der Waals surface area contributed by atoms with Gasteiger partial charge in [0.2, 0.25) is 5.91 Å². The number of ether oxygens (including phenoxy) is 5. The molecule has 0 saturated carbocycles. The Hall–Kier alpha value is -9.17. The second-order valence-electron chi connectivity index (χ2n) is 15.5. The van der Waals surface area contributed by atoms with E-state index in [9.17, 15) is 34.0 Å². The van der Waals surface area contributed by atoms with E-state index in [-0.39, 0.29) is 107 Å². The molecular formula is C54H52N6O11. The number of Topliss-reactive ketones (excluding diaryl/α,β-unsaturated/α-hetero) is 2. The lowest BCUT2D eigenvalue weighted by atomic mass is 9.96. The molecular weight excluding hydrogens is 909 g/mol. The molecule has 3 amide bonds. The second kappa shape index (κ2) is 25.8. The molecule has 2 heterocycles. The highest BCUT2D eigenvalue weighted by Gasteiger charge is 2.27. The number of rotatable bonds is 25. The van der Waals surface area contributed by atoms with E-state index in [4.69, 9.17) is 23.7 Å². The van der Waals surface area contributed by atoms with Crippen molar-refractivity contribution in [3.63, 3.8) is 0 Å². The summed E-state index contributed by atoms with van der Waals surface area (Å²) in [6.07, 6.45) is 8.31. The number of ketones is 2. The van der Waals surface area contributed by atoms with Crippen LogP contribution in [0.5, 0.6) is 23.0 Å². The average molecular weight is 961 g/mol. The number of carbonyl (C=O) groups excluding carboxylic acids is 6. The third-order valence-corrected chi connectivity index (χ3v) is 10.4. The summed E-state index contributed by atoms with van der Waals surface area (Å²) in [5.41, 5.74) is 3.65. The van der Waals surface area contributed by atoms with E-state index in [0.717, 1.165) is 11.1 Å². The molecule has 0 fully saturated rings. The summed E-state index contributed by atoms with van der Waals surface area (Å²) in [5.74, 6) is -4.39. The van der Waals surface area contributed by atoms with Crippen molar-refractivity contribution in [3.05, 3.63) is 168 Å². The Morgan fingerprint density at radius 2 is 1.28 bits per heavy atom. The lowest BCUT2D eigenvalue weighted by Gasteiger charge is -2.20. The van der Waals surface area contributed by atoms with Crippen LogP contribution in [0.25, 0.3) is 6.08 Å². The van der Waals surface area contributed by atoms with Gasteiger partial charge in [-0.15, -0.1) is 0 Å². The number of benzene rings is 3. The van der Waals surface area contributed by atoms with Crippen LogP contribution in [0.4, 0.5) is 17.1 Å². The van der Waals surface area contributed by atoms with Gasteiger partial charge >= 0.3 is 5.97 Å². The lowest BCUT2D eigenvalue weighted by molar-refractivity contribution is -0.119. The summed E-state index contributed by atoms with van der Waals surface area (Å²) in [6, 6.07) is 21.3. The Balaban J connectivity index is 1.25. The van der Waals surface area contributed by atoms with Gasteiger partial charge in [0.15, 0.2) is 34.6 Å². The number of allylic oxidation sites excluding steroid dienone is 1. The number of anilines is 3. The van der Waals surface area contributed by atoms with Crippen molar-refractivity contribution in [1.82, 2.24) is 9.97 Å². The van der Waals surface area contributed by atoms with E-state index in [2.05, 4.69) is 45.7 Å². The van der Waals surface area contributed by atoms with Crippen LogP contribution in [0, 0.1) is 24.2 Å². The molecule has 1 atom stereocenters. The number of aromatic nitrogens is 2. The van der Waals surface area contributed by atoms with Gasteiger partial charge in [-0.05, 0) is 79.1 Å². The maximum Gasteiger partial charge on any atom is 0.342 e. The van der Waals surface area contributed by atoms with Gasteiger partial charge in [-0.3, -0.25) is 29.0 Å². The molecule has 364 valence electrons. The Kier molecular flexibility index (Phi) is 19.2. The molecule has 71 heavy (non-hydrogen) atoms.